The topological polar surface area (TPSA) is 40.4 Å². The van der Waals surface area contributed by atoms with E-state index in [1.54, 1.807) is 6.07 Å². The van der Waals surface area contributed by atoms with E-state index in [0.717, 1.165) is 10.8 Å². The van der Waals surface area contributed by atoms with E-state index in [-0.39, 0.29) is 0 Å². The van der Waals surface area contributed by atoms with Crippen LogP contribution in [0.15, 0.2) is 42.5 Å². The summed E-state index contributed by atoms with van der Waals surface area (Å²) in [6.07, 6.45) is 0. The molecular weight excluding hydrogens is 210 g/mol. The van der Waals surface area contributed by atoms with Crippen LogP contribution < -0.4 is 5.48 Å². The van der Waals surface area contributed by atoms with Crippen LogP contribution in [0.5, 0.6) is 0 Å². The number of benzene rings is 2. The van der Waals surface area contributed by atoms with Crippen molar-refractivity contribution in [3.63, 3.8) is 0 Å². The summed E-state index contributed by atoms with van der Waals surface area (Å²) in [6.45, 7) is 0. The third-order valence-corrected chi connectivity index (χ3v) is 2.23. The zero-order valence-electron chi connectivity index (χ0n) is 7.75. The molecule has 0 unspecified atom stereocenters. The number of carbonyl (C=O) groups excluding carboxylic acids is 1. The first-order valence-electron chi connectivity index (χ1n) is 4.36. The number of hydroxylamine groups is 1. The van der Waals surface area contributed by atoms with Gasteiger partial charge in [-0.1, -0.05) is 36.4 Å². The summed E-state index contributed by atoms with van der Waals surface area (Å²) in [7, 11) is 0. The van der Waals surface area contributed by atoms with E-state index in [0.29, 0.717) is 5.56 Å². The van der Waals surface area contributed by atoms with E-state index in [1.807, 2.05) is 36.4 Å². The highest BCUT2D eigenvalue weighted by molar-refractivity contribution is 7.75. The van der Waals surface area contributed by atoms with Crippen LogP contribution in [0.3, 0.4) is 0 Å². The van der Waals surface area contributed by atoms with E-state index in [2.05, 4.69) is 22.7 Å². The van der Waals surface area contributed by atoms with E-state index < -0.39 is 5.91 Å². The molecule has 0 saturated heterocycles. The van der Waals surface area contributed by atoms with Crippen LogP contribution in [0.1, 0.15) is 10.4 Å². The van der Waals surface area contributed by atoms with Crippen LogP contribution in [0.25, 0.3) is 10.8 Å². The lowest BCUT2D eigenvalue weighted by Gasteiger charge is -1.97. The Morgan fingerprint density at radius 1 is 1.13 bits per heavy atom. The summed E-state index contributed by atoms with van der Waals surface area (Å²) in [6, 6.07) is 13.1. The van der Waals surface area contributed by atoms with Crippen molar-refractivity contribution in [3.05, 3.63) is 48.0 Å². The van der Waals surface area contributed by atoms with E-state index in [1.165, 1.54) is 0 Å². The second-order valence-corrected chi connectivity index (χ2v) is 3.17. The maximum absolute atomic E-state index is 11.5. The first kappa shape index (κ1) is 10.2. The Morgan fingerprint density at radius 2 is 1.87 bits per heavy atom. The Morgan fingerprint density at radius 3 is 2.67 bits per heavy atom. The van der Waals surface area contributed by atoms with Crippen molar-refractivity contribution in [3.8, 4) is 0 Å². The van der Waals surface area contributed by atoms with Gasteiger partial charge >= 0.3 is 11.4 Å². The van der Waals surface area contributed by atoms with Crippen LogP contribution in [-0.2, 0) is 4.28 Å². The molecule has 0 saturated carbocycles. The van der Waals surface area contributed by atoms with Gasteiger partial charge in [0.25, 0.3) is 0 Å². The van der Waals surface area contributed by atoms with Crippen LogP contribution in [0.2, 0.25) is 0 Å². The number of nitrogens with zero attached hydrogens (tertiary/aromatic N) is 1. The number of hydrogen-bond acceptors (Lipinski definition) is 3. The van der Waals surface area contributed by atoms with Crippen molar-refractivity contribution < 1.29 is 9.08 Å². The minimum atomic E-state index is -0.429. The molecule has 0 aliphatic heterocycles. The molecule has 0 N–H and O–H groups in total. The van der Waals surface area contributed by atoms with Gasteiger partial charge in [0.1, 0.15) is 5.56 Å². The third kappa shape index (κ3) is 2.02. The Bertz CT molecular complexity index is 493. The molecule has 3 nitrogen and oxygen atoms in total. The van der Waals surface area contributed by atoms with Crippen LogP contribution in [0.4, 0.5) is 0 Å². The predicted molar refractivity (Wildman–Crippen MR) is 60.5 cm³/mol. The van der Waals surface area contributed by atoms with Gasteiger partial charge in [-0.05, 0) is 21.1 Å². The average molecular weight is 218 g/mol. The summed E-state index contributed by atoms with van der Waals surface area (Å²) in [5.74, 6) is -0.429. The lowest BCUT2D eigenvalue weighted by Crippen LogP contribution is -2.12. The zero-order valence-corrected chi connectivity index (χ0v) is 8.65. The molecule has 0 aromatic heterocycles. The third-order valence-electron chi connectivity index (χ3n) is 2.14. The van der Waals surface area contributed by atoms with Crippen molar-refractivity contribution in [1.82, 2.24) is 5.48 Å². The molecule has 2 aromatic carbocycles. The molecular formula is C11H8NO2S+. The largest absolute Gasteiger partial charge is 0.504 e. The molecule has 2 rings (SSSR count). The molecule has 1 amide bonds. The number of fused-ring (bicyclic) bond motifs is 1. The van der Waals surface area contributed by atoms with Crippen LogP contribution in [-0.4, -0.2) is 5.91 Å². The highest BCUT2D eigenvalue weighted by atomic mass is 32.1. The Kier molecular flexibility index (Phi) is 3.01. The first-order valence-corrected chi connectivity index (χ1v) is 4.73. The van der Waals surface area contributed by atoms with Gasteiger partial charge in [0, 0.05) is 0 Å². The van der Waals surface area contributed by atoms with Crippen molar-refractivity contribution in [1.29, 1.82) is 0 Å². The predicted octanol–water partition coefficient (Wildman–Crippen LogP) is 2.36. The second-order valence-electron chi connectivity index (χ2n) is 3.00. The van der Waals surface area contributed by atoms with E-state index >= 15 is 0 Å². The lowest BCUT2D eigenvalue weighted by molar-refractivity contribution is 0.0788. The molecule has 0 bridgehead atoms. The fraction of sp³-hybridized carbons (Fsp3) is 0. The van der Waals surface area contributed by atoms with Gasteiger partial charge in [-0.25, -0.2) is 4.79 Å². The number of hydrogen-bond donors (Lipinski definition) is 1. The summed E-state index contributed by atoms with van der Waals surface area (Å²) >= 11 is 3.42. The molecule has 74 valence electrons. The van der Waals surface area contributed by atoms with Crippen LogP contribution >= 0.6 is 12.9 Å². The summed E-state index contributed by atoms with van der Waals surface area (Å²) < 4.78 is 4.18. The standard InChI is InChI=1S/C11H8NO2S/c13-11(12-14-15)10-7-3-5-8-4-1-2-6-9(8)10/h1-7,15H/q+1. The molecule has 0 aliphatic carbocycles. The van der Waals surface area contributed by atoms with Gasteiger partial charge in [0.05, 0.1) is 12.9 Å². The number of rotatable bonds is 2. The van der Waals surface area contributed by atoms with E-state index in [9.17, 15) is 4.79 Å². The summed E-state index contributed by atoms with van der Waals surface area (Å²) in [5.41, 5.74) is 3.79. The Hall–Kier alpha value is -1.36. The fourth-order valence-corrected chi connectivity index (χ4v) is 1.57. The highest BCUT2D eigenvalue weighted by Crippen LogP contribution is 2.18. The monoisotopic (exact) mass is 218 g/mol. The molecule has 2 radical (unpaired) electrons. The molecule has 0 atom stereocenters. The Labute approximate surface area is 92.6 Å². The maximum Gasteiger partial charge on any atom is 0.504 e. The first-order chi connectivity index (χ1) is 7.33. The molecule has 4 heteroatoms. The van der Waals surface area contributed by atoms with Gasteiger partial charge in [-0.3, -0.25) is 0 Å². The molecule has 0 spiro atoms. The van der Waals surface area contributed by atoms with Crippen molar-refractivity contribution in [2.75, 3.05) is 0 Å². The maximum atomic E-state index is 11.5. The highest BCUT2D eigenvalue weighted by Gasteiger charge is 2.25. The van der Waals surface area contributed by atoms with Gasteiger partial charge < -0.3 is 0 Å². The van der Waals surface area contributed by atoms with Crippen molar-refractivity contribution in [2.45, 2.75) is 0 Å². The minimum Gasteiger partial charge on any atom is -0.208 e. The number of thiol groups is 1. The van der Waals surface area contributed by atoms with Crippen LogP contribution in [0, 0.1) is 0 Å². The quantitative estimate of drug-likeness (QED) is 0.477. The average Bonchev–Trinajstić information content (AvgIpc) is 2.28. The Balaban J connectivity index is 2.56. The SMILES string of the molecule is O=C([N+]OS)c1cccc2ccccc12. The molecule has 0 fully saturated rings. The number of amides is 1. The van der Waals surface area contributed by atoms with Gasteiger partial charge in [0.15, 0.2) is 0 Å². The summed E-state index contributed by atoms with van der Waals surface area (Å²) in [4.78, 5) is 11.5. The zero-order chi connectivity index (χ0) is 10.7. The van der Waals surface area contributed by atoms with Gasteiger partial charge in [-0.2, -0.15) is 0 Å². The summed E-state index contributed by atoms with van der Waals surface area (Å²) in [5, 5.41) is 1.86. The van der Waals surface area contributed by atoms with Crippen molar-refractivity contribution in [2.24, 2.45) is 0 Å². The van der Waals surface area contributed by atoms with E-state index in [4.69, 9.17) is 0 Å². The lowest BCUT2D eigenvalue weighted by atomic mass is 10.0. The number of carbonyl (C=O) groups is 1. The fourth-order valence-electron chi connectivity index (χ4n) is 1.50. The van der Waals surface area contributed by atoms with Crippen molar-refractivity contribution >= 4 is 29.6 Å². The van der Waals surface area contributed by atoms with Gasteiger partial charge in [0.2, 0.25) is 0 Å². The molecule has 0 aliphatic rings. The molecule has 2 aromatic rings. The minimum absolute atomic E-state index is 0.429. The second kappa shape index (κ2) is 4.44. The normalized spacial score (nSPS) is 10.5. The smallest absolute Gasteiger partial charge is 0.208 e. The molecule has 15 heavy (non-hydrogen) atoms. The van der Waals surface area contributed by atoms with Gasteiger partial charge in [-0.15, -0.1) is 0 Å². The molecule has 0 heterocycles.